The summed E-state index contributed by atoms with van der Waals surface area (Å²) in [6, 6.07) is 14.4. The average molecular weight is 460 g/mol. The smallest absolute Gasteiger partial charge is 0.261 e. The molecule has 2 aromatic rings. The second-order valence-corrected chi connectivity index (χ2v) is 11.5. The van der Waals surface area contributed by atoms with Gasteiger partial charge in [-0.25, -0.2) is 0 Å². The molecule has 1 amide bonds. The Kier molecular flexibility index (Phi) is 6.06. The van der Waals surface area contributed by atoms with Gasteiger partial charge < -0.3 is 10.3 Å². The highest BCUT2D eigenvalue weighted by molar-refractivity contribution is 5.93. The van der Waals surface area contributed by atoms with Crippen molar-refractivity contribution in [3.63, 3.8) is 0 Å². The van der Waals surface area contributed by atoms with Gasteiger partial charge in [0.2, 0.25) is 0 Å². The van der Waals surface area contributed by atoms with Crippen LogP contribution in [0.3, 0.4) is 0 Å². The largest absolute Gasteiger partial charge is 0.352 e. The molecule has 5 aliphatic rings. The summed E-state index contributed by atoms with van der Waals surface area (Å²) in [5.74, 6) is 4.45. The van der Waals surface area contributed by atoms with Crippen LogP contribution in [0.5, 0.6) is 0 Å². The van der Waals surface area contributed by atoms with Gasteiger partial charge >= 0.3 is 0 Å². The maximum atomic E-state index is 12.8. The first-order chi connectivity index (χ1) is 16.6. The van der Waals surface area contributed by atoms with Crippen molar-refractivity contribution in [2.45, 2.75) is 57.4 Å². The number of benzene rings is 1. The third kappa shape index (κ3) is 4.47. The van der Waals surface area contributed by atoms with Crippen LogP contribution in [0, 0.1) is 29.6 Å². The van der Waals surface area contributed by atoms with Crippen LogP contribution >= 0.6 is 0 Å². The molecular formula is C29H37N3O2. The van der Waals surface area contributed by atoms with Crippen LogP contribution < -0.4 is 10.9 Å². The summed E-state index contributed by atoms with van der Waals surface area (Å²) in [7, 11) is 0. The SMILES string of the molecule is O=C(NCC1C2CC3CC(C2)CC1C3)c1ccc(CN2CCC(c3ccccc3)CC2)[nH]c1=O. The summed E-state index contributed by atoms with van der Waals surface area (Å²) in [4.78, 5) is 30.9. The van der Waals surface area contributed by atoms with E-state index in [2.05, 4.69) is 45.5 Å². The van der Waals surface area contributed by atoms with Gasteiger partial charge in [-0.2, -0.15) is 0 Å². The number of carbonyl (C=O) groups is 1. The predicted molar refractivity (Wildman–Crippen MR) is 134 cm³/mol. The average Bonchev–Trinajstić information content (AvgIpc) is 2.84. The van der Waals surface area contributed by atoms with Crippen LogP contribution in [0.2, 0.25) is 0 Å². The number of nitrogens with one attached hydrogen (secondary N) is 2. The molecule has 5 nitrogen and oxygen atoms in total. The quantitative estimate of drug-likeness (QED) is 0.666. The molecule has 4 bridgehead atoms. The Morgan fingerprint density at radius 3 is 2.24 bits per heavy atom. The first kappa shape index (κ1) is 22.1. The second kappa shape index (κ2) is 9.33. The first-order valence-electron chi connectivity index (χ1n) is 13.4. The molecule has 1 aliphatic heterocycles. The van der Waals surface area contributed by atoms with Crippen molar-refractivity contribution in [1.29, 1.82) is 0 Å². The minimum Gasteiger partial charge on any atom is -0.352 e. The van der Waals surface area contributed by atoms with Crippen molar-refractivity contribution in [2.75, 3.05) is 19.6 Å². The number of aromatic amines is 1. The molecule has 2 N–H and O–H groups in total. The molecule has 5 heteroatoms. The molecule has 2 heterocycles. The topological polar surface area (TPSA) is 65.2 Å². The van der Waals surface area contributed by atoms with Crippen molar-refractivity contribution in [2.24, 2.45) is 29.6 Å². The summed E-state index contributed by atoms with van der Waals surface area (Å²) in [5, 5.41) is 3.12. The lowest BCUT2D eigenvalue weighted by atomic mass is 9.52. The number of hydrogen-bond donors (Lipinski definition) is 2. The fourth-order valence-corrected chi connectivity index (χ4v) is 7.85. The summed E-state index contributed by atoms with van der Waals surface area (Å²) in [6.45, 7) is 3.50. The lowest BCUT2D eigenvalue weighted by molar-refractivity contribution is -0.0347. The molecule has 0 spiro atoms. The number of pyridine rings is 1. The van der Waals surface area contributed by atoms with Crippen LogP contribution in [0.1, 0.15) is 72.5 Å². The van der Waals surface area contributed by atoms with Crippen molar-refractivity contribution in [3.05, 3.63) is 69.6 Å². The number of likely N-dealkylation sites (tertiary alicyclic amines) is 1. The Hall–Kier alpha value is -2.40. The highest BCUT2D eigenvalue weighted by atomic mass is 16.2. The number of carbonyl (C=O) groups excluding carboxylic acids is 1. The highest BCUT2D eigenvalue weighted by Crippen LogP contribution is 2.56. The van der Waals surface area contributed by atoms with Gasteiger partial charge in [-0.3, -0.25) is 14.5 Å². The number of H-pyrrole nitrogens is 1. The van der Waals surface area contributed by atoms with E-state index in [-0.39, 0.29) is 17.0 Å². The van der Waals surface area contributed by atoms with Crippen molar-refractivity contribution >= 4 is 5.91 Å². The number of piperidine rings is 1. The normalized spacial score (nSPS) is 31.0. The molecule has 5 fully saturated rings. The van der Waals surface area contributed by atoms with Crippen LogP contribution in [-0.4, -0.2) is 35.4 Å². The molecule has 1 aromatic carbocycles. The van der Waals surface area contributed by atoms with E-state index in [1.54, 1.807) is 6.07 Å². The maximum Gasteiger partial charge on any atom is 0.261 e. The molecule has 34 heavy (non-hydrogen) atoms. The van der Waals surface area contributed by atoms with E-state index in [1.165, 1.54) is 37.7 Å². The molecule has 7 rings (SSSR count). The van der Waals surface area contributed by atoms with E-state index < -0.39 is 0 Å². The summed E-state index contributed by atoms with van der Waals surface area (Å²) < 4.78 is 0. The molecule has 1 aromatic heterocycles. The Labute approximate surface area is 202 Å². The van der Waals surface area contributed by atoms with E-state index in [4.69, 9.17) is 0 Å². The number of nitrogens with zero attached hydrogens (tertiary/aromatic N) is 1. The highest BCUT2D eigenvalue weighted by Gasteiger charge is 2.47. The number of hydrogen-bond acceptors (Lipinski definition) is 3. The van der Waals surface area contributed by atoms with E-state index in [0.717, 1.165) is 68.4 Å². The maximum absolute atomic E-state index is 12.8. The standard InChI is InChI=1S/C29H37N3O2/c33-28(30-17-27-23-13-19-12-20(15-23)16-24(27)14-19)26-7-6-25(31-29(26)34)18-32-10-8-22(9-11-32)21-4-2-1-3-5-21/h1-7,19-20,22-24,27H,8-18H2,(H,30,33)(H,31,34). The van der Waals surface area contributed by atoms with Gasteiger partial charge in [0.25, 0.3) is 11.5 Å². The zero-order chi connectivity index (χ0) is 23.1. The predicted octanol–water partition coefficient (Wildman–Crippen LogP) is 4.56. The van der Waals surface area contributed by atoms with Gasteiger partial charge in [0.15, 0.2) is 0 Å². The van der Waals surface area contributed by atoms with E-state index in [0.29, 0.717) is 11.8 Å². The fraction of sp³-hybridized carbons (Fsp3) is 0.586. The Morgan fingerprint density at radius 1 is 0.912 bits per heavy atom. The number of amides is 1. The molecule has 180 valence electrons. The van der Waals surface area contributed by atoms with Crippen molar-refractivity contribution in [3.8, 4) is 0 Å². The van der Waals surface area contributed by atoms with Crippen molar-refractivity contribution in [1.82, 2.24) is 15.2 Å². The van der Waals surface area contributed by atoms with Crippen LogP contribution in [0.15, 0.2) is 47.3 Å². The third-order valence-electron chi connectivity index (χ3n) is 9.39. The van der Waals surface area contributed by atoms with Crippen LogP contribution in [-0.2, 0) is 6.54 Å². The summed E-state index contributed by atoms with van der Waals surface area (Å²) >= 11 is 0. The molecule has 0 unspecified atom stereocenters. The second-order valence-electron chi connectivity index (χ2n) is 11.5. The molecule has 4 aliphatic carbocycles. The monoisotopic (exact) mass is 459 g/mol. The van der Waals surface area contributed by atoms with Crippen molar-refractivity contribution < 1.29 is 4.79 Å². The minimum absolute atomic E-state index is 0.217. The Balaban J connectivity index is 1.02. The number of aromatic nitrogens is 1. The lowest BCUT2D eigenvalue weighted by Crippen LogP contribution is -2.49. The molecule has 4 saturated carbocycles. The Morgan fingerprint density at radius 2 is 1.59 bits per heavy atom. The molecule has 1 saturated heterocycles. The van der Waals surface area contributed by atoms with Gasteiger partial charge in [-0.15, -0.1) is 0 Å². The number of rotatable bonds is 6. The van der Waals surface area contributed by atoms with Gasteiger partial charge in [0.1, 0.15) is 5.56 Å². The summed E-state index contributed by atoms with van der Waals surface area (Å²) in [6.07, 6.45) is 9.13. The first-order valence-corrected chi connectivity index (χ1v) is 13.4. The van der Waals surface area contributed by atoms with Crippen LogP contribution in [0.25, 0.3) is 0 Å². The van der Waals surface area contributed by atoms with Crippen LogP contribution in [0.4, 0.5) is 0 Å². The van der Waals surface area contributed by atoms with Gasteiger partial charge in [0.05, 0.1) is 0 Å². The summed E-state index contributed by atoms with van der Waals surface area (Å²) in [5.41, 5.74) is 2.30. The molecule has 0 atom stereocenters. The van der Waals surface area contributed by atoms with E-state index in [9.17, 15) is 9.59 Å². The lowest BCUT2D eigenvalue weighted by Gasteiger charge is -2.54. The minimum atomic E-state index is -0.265. The van der Waals surface area contributed by atoms with Gasteiger partial charge in [-0.1, -0.05) is 30.3 Å². The van der Waals surface area contributed by atoms with E-state index >= 15 is 0 Å². The zero-order valence-electron chi connectivity index (χ0n) is 20.0. The fourth-order valence-electron chi connectivity index (χ4n) is 7.85. The Bertz CT molecular complexity index is 1040. The molecular weight excluding hydrogens is 422 g/mol. The van der Waals surface area contributed by atoms with Gasteiger partial charge in [0, 0.05) is 18.8 Å². The van der Waals surface area contributed by atoms with Gasteiger partial charge in [-0.05, 0) is 111 Å². The van der Waals surface area contributed by atoms with E-state index in [1.807, 2.05) is 6.07 Å². The molecule has 0 radical (unpaired) electrons. The zero-order valence-corrected chi connectivity index (χ0v) is 20.0. The third-order valence-corrected chi connectivity index (χ3v) is 9.39.